The lowest BCUT2D eigenvalue weighted by molar-refractivity contribution is 0.341. The van der Waals surface area contributed by atoms with Crippen molar-refractivity contribution in [3.8, 4) is 0 Å². The first-order chi connectivity index (χ1) is 5.70. The molecule has 0 saturated heterocycles. The van der Waals surface area contributed by atoms with E-state index in [1.54, 1.807) is 0 Å². The standard InChI is InChI=1S/C10H17IO/c1-9(6-7-12)4-3-5-10(2)8-11/h5-6,12H,3-4,7-8H2,1-2H3. The summed E-state index contributed by atoms with van der Waals surface area (Å²) in [5, 5.41) is 8.60. The minimum Gasteiger partial charge on any atom is -0.392 e. The first kappa shape index (κ1) is 12.2. The number of alkyl halides is 1. The largest absolute Gasteiger partial charge is 0.392 e. The van der Waals surface area contributed by atoms with E-state index in [0.29, 0.717) is 0 Å². The van der Waals surface area contributed by atoms with Gasteiger partial charge in [-0.05, 0) is 26.7 Å². The number of aliphatic hydroxyl groups excluding tert-OH is 1. The summed E-state index contributed by atoms with van der Waals surface area (Å²) in [5.74, 6) is 0. The van der Waals surface area contributed by atoms with Crippen molar-refractivity contribution in [3.63, 3.8) is 0 Å². The molecule has 12 heavy (non-hydrogen) atoms. The molecule has 0 aliphatic rings. The van der Waals surface area contributed by atoms with E-state index in [0.717, 1.165) is 17.3 Å². The highest BCUT2D eigenvalue weighted by atomic mass is 127. The second kappa shape index (κ2) is 7.80. The second-order valence-electron chi connectivity index (χ2n) is 2.96. The fraction of sp³-hybridized carbons (Fsp3) is 0.600. The fourth-order valence-electron chi connectivity index (χ4n) is 0.859. The van der Waals surface area contributed by atoms with Crippen LogP contribution in [0.1, 0.15) is 26.7 Å². The maximum absolute atomic E-state index is 8.60. The Balaban J connectivity index is 3.62. The average molecular weight is 280 g/mol. The summed E-state index contributed by atoms with van der Waals surface area (Å²) in [5.41, 5.74) is 2.71. The lowest BCUT2D eigenvalue weighted by Gasteiger charge is -1.97. The van der Waals surface area contributed by atoms with Gasteiger partial charge in [0.15, 0.2) is 0 Å². The van der Waals surface area contributed by atoms with Crippen molar-refractivity contribution in [2.24, 2.45) is 0 Å². The van der Waals surface area contributed by atoms with E-state index >= 15 is 0 Å². The molecule has 70 valence electrons. The zero-order valence-electron chi connectivity index (χ0n) is 7.81. The van der Waals surface area contributed by atoms with Gasteiger partial charge in [-0.1, -0.05) is 45.9 Å². The van der Waals surface area contributed by atoms with Crippen LogP contribution in [0.2, 0.25) is 0 Å². The summed E-state index contributed by atoms with van der Waals surface area (Å²) in [7, 11) is 0. The first-order valence-electron chi connectivity index (χ1n) is 4.18. The van der Waals surface area contributed by atoms with E-state index in [1.807, 2.05) is 6.08 Å². The van der Waals surface area contributed by atoms with Crippen LogP contribution in [0.4, 0.5) is 0 Å². The van der Waals surface area contributed by atoms with Gasteiger partial charge in [-0.15, -0.1) is 0 Å². The highest BCUT2D eigenvalue weighted by molar-refractivity contribution is 14.1. The smallest absolute Gasteiger partial charge is 0.0614 e. The molecular formula is C10H17IO. The van der Waals surface area contributed by atoms with Gasteiger partial charge in [0.2, 0.25) is 0 Å². The molecule has 0 atom stereocenters. The molecule has 1 nitrogen and oxygen atoms in total. The average Bonchev–Trinajstić information content (AvgIpc) is 2.04. The number of rotatable bonds is 5. The predicted octanol–water partition coefficient (Wildman–Crippen LogP) is 3.09. The Bertz CT molecular complexity index is 171. The van der Waals surface area contributed by atoms with Gasteiger partial charge in [-0.2, -0.15) is 0 Å². The number of halogens is 1. The van der Waals surface area contributed by atoms with E-state index in [9.17, 15) is 0 Å². The summed E-state index contributed by atoms with van der Waals surface area (Å²) in [6, 6.07) is 0. The van der Waals surface area contributed by atoms with E-state index in [1.165, 1.54) is 11.1 Å². The topological polar surface area (TPSA) is 20.2 Å². The fourth-order valence-corrected chi connectivity index (χ4v) is 1.17. The lowest BCUT2D eigenvalue weighted by Crippen LogP contribution is -1.82. The molecule has 0 aliphatic carbocycles. The molecule has 0 unspecified atom stereocenters. The number of aliphatic hydroxyl groups is 1. The van der Waals surface area contributed by atoms with Crippen molar-refractivity contribution in [2.75, 3.05) is 11.0 Å². The maximum atomic E-state index is 8.60. The molecule has 0 aromatic heterocycles. The molecule has 0 bridgehead atoms. The van der Waals surface area contributed by atoms with Crippen LogP contribution in [-0.4, -0.2) is 16.1 Å². The molecule has 0 fully saturated rings. The highest BCUT2D eigenvalue weighted by Gasteiger charge is 1.88. The van der Waals surface area contributed by atoms with Crippen molar-refractivity contribution in [3.05, 3.63) is 23.3 Å². The van der Waals surface area contributed by atoms with Gasteiger partial charge in [0.25, 0.3) is 0 Å². The molecule has 0 aliphatic heterocycles. The summed E-state index contributed by atoms with van der Waals surface area (Å²) in [4.78, 5) is 0. The van der Waals surface area contributed by atoms with E-state index in [-0.39, 0.29) is 6.61 Å². The minimum absolute atomic E-state index is 0.167. The summed E-state index contributed by atoms with van der Waals surface area (Å²) < 4.78 is 1.11. The first-order valence-corrected chi connectivity index (χ1v) is 5.71. The highest BCUT2D eigenvalue weighted by Crippen LogP contribution is 2.07. The van der Waals surface area contributed by atoms with E-state index in [2.05, 4.69) is 42.5 Å². The maximum Gasteiger partial charge on any atom is 0.0614 e. The van der Waals surface area contributed by atoms with Crippen LogP contribution in [0.3, 0.4) is 0 Å². The third-order valence-electron chi connectivity index (χ3n) is 1.68. The molecule has 0 rings (SSSR count). The quantitative estimate of drug-likeness (QED) is 0.466. The number of hydrogen-bond acceptors (Lipinski definition) is 1. The van der Waals surface area contributed by atoms with Gasteiger partial charge in [0.1, 0.15) is 0 Å². The van der Waals surface area contributed by atoms with Crippen LogP contribution in [0.25, 0.3) is 0 Å². The van der Waals surface area contributed by atoms with Crippen LogP contribution >= 0.6 is 22.6 Å². The molecule has 0 spiro atoms. The summed E-state index contributed by atoms with van der Waals surface area (Å²) >= 11 is 2.36. The van der Waals surface area contributed by atoms with Crippen LogP contribution in [0.5, 0.6) is 0 Å². The van der Waals surface area contributed by atoms with E-state index in [4.69, 9.17) is 5.11 Å². The Hall–Kier alpha value is 0.170. The summed E-state index contributed by atoms with van der Waals surface area (Å²) in [6.07, 6.45) is 6.29. The zero-order chi connectivity index (χ0) is 9.40. The van der Waals surface area contributed by atoms with Crippen molar-refractivity contribution >= 4 is 22.6 Å². The van der Waals surface area contributed by atoms with Crippen molar-refractivity contribution in [1.82, 2.24) is 0 Å². The molecule has 0 amide bonds. The van der Waals surface area contributed by atoms with Crippen LogP contribution in [0, 0.1) is 0 Å². The molecule has 1 N–H and O–H groups in total. The van der Waals surface area contributed by atoms with Gasteiger partial charge in [-0.3, -0.25) is 0 Å². The Morgan fingerprint density at radius 1 is 1.25 bits per heavy atom. The molecule has 0 radical (unpaired) electrons. The van der Waals surface area contributed by atoms with Gasteiger partial charge in [-0.25, -0.2) is 0 Å². The Morgan fingerprint density at radius 3 is 2.42 bits per heavy atom. The van der Waals surface area contributed by atoms with Crippen LogP contribution < -0.4 is 0 Å². The number of allylic oxidation sites excluding steroid dienone is 3. The van der Waals surface area contributed by atoms with Crippen LogP contribution in [0.15, 0.2) is 23.3 Å². The molecule has 0 heterocycles. The molecule has 0 aromatic carbocycles. The normalized spacial score (nSPS) is 13.7. The SMILES string of the molecule is CC(=CCCC(C)=CCO)CI. The van der Waals surface area contributed by atoms with E-state index < -0.39 is 0 Å². The summed E-state index contributed by atoms with van der Waals surface area (Å²) in [6.45, 7) is 4.38. The minimum atomic E-state index is 0.167. The van der Waals surface area contributed by atoms with Crippen molar-refractivity contribution < 1.29 is 5.11 Å². The predicted molar refractivity (Wildman–Crippen MR) is 62.7 cm³/mol. The monoisotopic (exact) mass is 280 g/mol. The molecule has 2 heteroatoms. The van der Waals surface area contributed by atoms with Gasteiger partial charge >= 0.3 is 0 Å². The molecular weight excluding hydrogens is 263 g/mol. The third-order valence-corrected chi connectivity index (χ3v) is 2.89. The van der Waals surface area contributed by atoms with Crippen LogP contribution in [-0.2, 0) is 0 Å². The zero-order valence-corrected chi connectivity index (χ0v) is 9.97. The Labute approximate surface area is 88.7 Å². The van der Waals surface area contributed by atoms with Gasteiger partial charge < -0.3 is 5.11 Å². The molecule has 0 saturated carbocycles. The second-order valence-corrected chi connectivity index (χ2v) is 3.72. The van der Waals surface area contributed by atoms with Crippen molar-refractivity contribution in [1.29, 1.82) is 0 Å². The van der Waals surface area contributed by atoms with Crippen molar-refractivity contribution in [2.45, 2.75) is 26.7 Å². The molecule has 0 aromatic rings. The number of hydrogen-bond donors (Lipinski definition) is 1. The van der Waals surface area contributed by atoms with Gasteiger partial charge in [0, 0.05) is 4.43 Å². The lowest BCUT2D eigenvalue weighted by atomic mass is 10.1. The Kier molecular flexibility index (Phi) is 7.91. The van der Waals surface area contributed by atoms with Gasteiger partial charge in [0.05, 0.1) is 6.61 Å². The Morgan fingerprint density at radius 2 is 1.92 bits per heavy atom. The third kappa shape index (κ3) is 6.85.